The Balaban J connectivity index is 1.81. The van der Waals surface area contributed by atoms with Crippen molar-refractivity contribution in [2.75, 3.05) is 6.61 Å². The Bertz CT molecular complexity index is 1310. The Hall–Kier alpha value is -3.43. The van der Waals surface area contributed by atoms with E-state index in [9.17, 15) is 18.8 Å². The lowest BCUT2D eigenvalue weighted by Crippen LogP contribution is -2.55. The van der Waals surface area contributed by atoms with Gasteiger partial charge in [-0.2, -0.15) is 0 Å². The number of hydrogen-bond acceptors (Lipinski definition) is 7. The van der Waals surface area contributed by atoms with Gasteiger partial charge >= 0.3 is 17.9 Å². The Morgan fingerprint density at radius 1 is 1.00 bits per heavy atom. The zero-order valence-corrected chi connectivity index (χ0v) is 20.7. The van der Waals surface area contributed by atoms with Crippen molar-refractivity contribution in [1.29, 1.82) is 0 Å². The normalized spacial score (nSPS) is 21.7. The quantitative estimate of drug-likeness (QED) is 0.354. The molecule has 4 atom stereocenters. The predicted octanol–water partition coefficient (Wildman–Crippen LogP) is 4.35. The summed E-state index contributed by atoms with van der Waals surface area (Å²) in [5.74, 6) is -2.23. The summed E-state index contributed by atoms with van der Waals surface area (Å²) in [7, 11) is 0. The molecule has 1 aliphatic heterocycles. The lowest BCUT2D eigenvalue weighted by atomic mass is 10.0. The van der Waals surface area contributed by atoms with Crippen LogP contribution in [0.1, 0.15) is 38.1 Å². The standard InChI is InChI=1S/C26H25ClFNO7/c1-14(30)34-22-13-33-26(25(36-16(3)32)24(22)35-15(2)31)29-12-18(10-17-6-4-7-19(28)11-17)23-20(27)8-5-9-21(23)29/h4-9,11-12,22,24-26H,10,13H2,1-3H3/t22-,24+,25-,26-/m1/s1. The number of fused-ring (bicyclic) bond motifs is 1. The summed E-state index contributed by atoms with van der Waals surface area (Å²) in [5.41, 5.74) is 2.20. The van der Waals surface area contributed by atoms with E-state index >= 15 is 0 Å². The predicted molar refractivity (Wildman–Crippen MR) is 128 cm³/mol. The van der Waals surface area contributed by atoms with Crippen LogP contribution in [0.25, 0.3) is 10.9 Å². The molecular formula is C26H25ClFNO7. The van der Waals surface area contributed by atoms with E-state index in [2.05, 4.69) is 0 Å². The fraction of sp³-hybridized carbons (Fsp3) is 0.346. The van der Waals surface area contributed by atoms with Crippen molar-refractivity contribution in [3.05, 3.63) is 70.6 Å². The van der Waals surface area contributed by atoms with E-state index in [4.69, 9.17) is 30.5 Å². The van der Waals surface area contributed by atoms with Crippen LogP contribution < -0.4 is 0 Å². The van der Waals surface area contributed by atoms with Gasteiger partial charge < -0.3 is 23.5 Å². The molecule has 1 aromatic heterocycles. The largest absolute Gasteiger partial charge is 0.456 e. The average molecular weight is 518 g/mol. The highest BCUT2D eigenvalue weighted by Gasteiger charge is 2.48. The molecule has 10 heteroatoms. The van der Waals surface area contributed by atoms with Gasteiger partial charge in [-0.3, -0.25) is 14.4 Å². The summed E-state index contributed by atoms with van der Waals surface area (Å²) in [5, 5.41) is 1.20. The minimum Gasteiger partial charge on any atom is -0.456 e. The van der Waals surface area contributed by atoms with Crippen LogP contribution in [-0.4, -0.2) is 47.4 Å². The SMILES string of the molecule is CC(=O)O[C@@H]1[C@@H](OC(C)=O)[C@H](OC(C)=O)CO[C@H]1n1cc(Cc2cccc(F)c2)c2c(Cl)cccc21. The third kappa shape index (κ3) is 5.52. The van der Waals surface area contributed by atoms with Gasteiger partial charge in [0.25, 0.3) is 0 Å². The zero-order chi connectivity index (χ0) is 26.0. The molecule has 0 radical (unpaired) electrons. The highest BCUT2D eigenvalue weighted by Crippen LogP contribution is 2.37. The fourth-order valence-electron chi connectivity index (χ4n) is 4.52. The summed E-state index contributed by atoms with van der Waals surface area (Å²) in [6.07, 6.45) is -2.01. The van der Waals surface area contributed by atoms with Gasteiger partial charge in [0.2, 0.25) is 0 Å². The van der Waals surface area contributed by atoms with Gasteiger partial charge in [-0.15, -0.1) is 0 Å². The van der Waals surface area contributed by atoms with E-state index < -0.39 is 42.4 Å². The molecular weight excluding hydrogens is 493 g/mol. The van der Waals surface area contributed by atoms with Gasteiger partial charge in [-0.1, -0.05) is 29.8 Å². The first-order valence-corrected chi connectivity index (χ1v) is 11.7. The topological polar surface area (TPSA) is 93.1 Å². The summed E-state index contributed by atoms with van der Waals surface area (Å²) in [4.78, 5) is 35.6. The van der Waals surface area contributed by atoms with Crippen molar-refractivity contribution in [2.24, 2.45) is 0 Å². The van der Waals surface area contributed by atoms with Crippen molar-refractivity contribution in [2.45, 2.75) is 51.7 Å². The van der Waals surface area contributed by atoms with Crippen LogP contribution in [0.3, 0.4) is 0 Å². The van der Waals surface area contributed by atoms with E-state index in [1.165, 1.54) is 32.9 Å². The molecule has 8 nitrogen and oxygen atoms in total. The Morgan fingerprint density at radius 3 is 2.33 bits per heavy atom. The third-order valence-corrected chi connectivity index (χ3v) is 6.08. The number of nitrogens with zero attached hydrogens (tertiary/aromatic N) is 1. The molecule has 0 saturated carbocycles. The summed E-state index contributed by atoms with van der Waals surface area (Å²) < 4.78 is 38.0. The van der Waals surface area contributed by atoms with Crippen LogP contribution in [-0.2, 0) is 39.8 Å². The lowest BCUT2D eigenvalue weighted by Gasteiger charge is -2.41. The molecule has 1 fully saturated rings. The maximum Gasteiger partial charge on any atom is 0.303 e. The zero-order valence-electron chi connectivity index (χ0n) is 19.9. The van der Waals surface area contributed by atoms with E-state index in [1.54, 1.807) is 29.0 Å². The number of ether oxygens (including phenoxy) is 4. The highest BCUT2D eigenvalue weighted by atomic mass is 35.5. The molecule has 2 aromatic carbocycles. The number of benzene rings is 2. The number of carbonyl (C=O) groups excluding carboxylic acids is 3. The van der Waals surface area contributed by atoms with Crippen molar-refractivity contribution < 1.29 is 37.7 Å². The van der Waals surface area contributed by atoms with Crippen LogP contribution in [0.5, 0.6) is 0 Å². The van der Waals surface area contributed by atoms with Crippen LogP contribution in [0.15, 0.2) is 48.7 Å². The fourth-order valence-corrected chi connectivity index (χ4v) is 4.81. The average Bonchev–Trinajstić information content (AvgIpc) is 3.14. The summed E-state index contributed by atoms with van der Waals surface area (Å²) >= 11 is 6.57. The van der Waals surface area contributed by atoms with E-state index in [0.717, 1.165) is 16.5 Å². The number of rotatable bonds is 6. The minimum atomic E-state index is -1.14. The van der Waals surface area contributed by atoms with Gasteiger partial charge in [0.1, 0.15) is 5.82 Å². The molecule has 190 valence electrons. The minimum absolute atomic E-state index is 0.112. The number of aromatic nitrogens is 1. The summed E-state index contributed by atoms with van der Waals surface area (Å²) in [6.45, 7) is 3.54. The molecule has 3 aromatic rings. The third-order valence-electron chi connectivity index (χ3n) is 5.77. The summed E-state index contributed by atoms with van der Waals surface area (Å²) in [6, 6.07) is 11.6. The maximum atomic E-state index is 13.8. The van der Waals surface area contributed by atoms with Crippen LogP contribution in [0.2, 0.25) is 5.02 Å². The molecule has 36 heavy (non-hydrogen) atoms. The van der Waals surface area contributed by atoms with Crippen LogP contribution in [0.4, 0.5) is 4.39 Å². The lowest BCUT2D eigenvalue weighted by molar-refractivity contribution is -0.239. The Labute approximate surface area is 211 Å². The molecule has 0 aliphatic carbocycles. The molecule has 4 rings (SSSR count). The smallest absolute Gasteiger partial charge is 0.303 e. The first kappa shape index (κ1) is 25.7. The van der Waals surface area contributed by atoms with E-state index in [-0.39, 0.29) is 12.4 Å². The molecule has 1 aliphatic rings. The van der Waals surface area contributed by atoms with Crippen LogP contribution >= 0.6 is 11.6 Å². The van der Waals surface area contributed by atoms with Gasteiger partial charge in [-0.05, 0) is 41.8 Å². The molecule has 0 N–H and O–H groups in total. The molecule has 0 bridgehead atoms. The van der Waals surface area contributed by atoms with Gasteiger partial charge in [0.15, 0.2) is 24.5 Å². The van der Waals surface area contributed by atoms with E-state index in [0.29, 0.717) is 17.0 Å². The Kier molecular flexibility index (Phi) is 7.61. The monoisotopic (exact) mass is 517 g/mol. The second-order valence-electron chi connectivity index (χ2n) is 8.52. The van der Waals surface area contributed by atoms with Gasteiger partial charge in [-0.25, -0.2) is 4.39 Å². The van der Waals surface area contributed by atoms with E-state index in [1.807, 2.05) is 12.1 Å². The highest BCUT2D eigenvalue weighted by molar-refractivity contribution is 6.35. The van der Waals surface area contributed by atoms with Crippen molar-refractivity contribution in [3.8, 4) is 0 Å². The Morgan fingerprint density at radius 2 is 1.67 bits per heavy atom. The second-order valence-corrected chi connectivity index (χ2v) is 8.93. The van der Waals surface area contributed by atoms with Gasteiger partial charge in [0, 0.05) is 32.4 Å². The number of hydrogen-bond donors (Lipinski definition) is 0. The molecule has 2 heterocycles. The van der Waals surface area contributed by atoms with Crippen molar-refractivity contribution in [3.63, 3.8) is 0 Å². The van der Waals surface area contributed by atoms with Crippen molar-refractivity contribution in [1.82, 2.24) is 4.57 Å². The van der Waals surface area contributed by atoms with Crippen LogP contribution in [0, 0.1) is 5.82 Å². The first-order valence-electron chi connectivity index (χ1n) is 11.3. The van der Waals surface area contributed by atoms with Gasteiger partial charge in [0.05, 0.1) is 17.1 Å². The number of esters is 3. The molecule has 0 spiro atoms. The first-order chi connectivity index (χ1) is 17.1. The molecule has 0 amide bonds. The number of carbonyl (C=O) groups is 3. The maximum absolute atomic E-state index is 13.8. The van der Waals surface area contributed by atoms with Crippen molar-refractivity contribution >= 4 is 40.4 Å². The number of halogens is 2. The molecule has 0 unspecified atom stereocenters. The second kappa shape index (κ2) is 10.7. The molecule has 1 saturated heterocycles.